The summed E-state index contributed by atoms with van der Waals surface area (Å²) in [5.74, 6) is -5.92. The lowest BCUT2D eigenvalue weighted by atomic mass is 9.98. The number of nitrogens with zero attached hydrogens (tertiary/aromatic N) is 2. The van der Waals surface area contributed by atoms with E-state index in [1.807, 2.05) is 30.3 Å². The van der Waals surface area contributed by atoms with Crippen LogP contribution in [0.4, 0.5) is 8.78 Å². The second kappa shape index (κ2) is 12.9. The average Bonchev–Trinajstić information content (AvgIpc) is 3.74. The van der Waals surface area contributed by atoms with Crippen LogP contribution in [-0.4, -0.2) is 69.3 Å². The molecule has 0 aromatic heterocycles. The minimum absolute atomic E-state index is 0.0131. The number of hydrogen-bond acceptors (Lipinski definition) is 4. The molecule has 1 unspecified atom stereocenters. The fraction of sp³-hybridized carbons (Fsp3) is 0.545. The fourth-order valence-electron chi connectivity index (χ4n) is 7.17. The summed E-state index contributed by atoms with van der Waals surface area (Å²) in [6, 6.07) is 16.0. The van der Waals surface area contributed by atoms with E-state index < -0.39 is 42.0 Å². The normalized spacial score (nSPS) is 25.2. The van der Waals surface area contributed by atoms with Crippen LogP contribution < -0.4 is 5.32 Å². The molecule has 6 atom stereocenters. The summed E-state index contributed by atoms with van der Waals surface area (Å²) in [7, 11) is 0. The topological polar surface area (TPSA) is 89.9 Å². The molecule has 1 aliphatic carbocycles. The first-order chi connectivity index (χ1) is 20.2. The van der Waals surface area contributed by atoms with Crippen LogP contribution in [-0.2, 0) is 20.8 Å². The largest absolute Gasteiger partial charge is 0.384 e. The molecule has 2 N–H and O–H groups in total. The second-order valence-electron chi connectivity index (χ2n) is 12.1. The summed E-state index contributed by atoms with van der Waals surface area (Å²) >= 11 is 0. The third-order valence-corrected chi connectivity index (χ3v) is 9.38. The Morgan fingerprint density at radius 1 is 1.00 bits per heavy atom. The quantitative estimate of drug-likeness (QED) is 0.428. The Balaban J connectivity index is 1.26. The standard InChI is InChI=1S/C33H41F2N3O4/c1-22(24-14-6-3-7-15-24)36-32(42)33(34,35)30(40)27-18-10-20-37(27)31(41)28-21-25-16-9-17-26(25)38(28)29(39)19-8-13-23-11-4-2-5-12-23/h2-7,11-12,14-15,22,25-28,30,40H,8-10,13,16-21H2,1H3,(H,36,42)/t22-,25+,26+,27+,28+,30?/m1/s1. The van der Waals surface area contributed by atoms with Gasteiger partial charge in [0.15, 0.2) is 0 Å². The molecule has 42 heavy (non-hydrogen) atoms. The molecule has 0 radical (unpaired) electrons. The number of carbonyl (C=O) groups is 3. The van der Waals surface area contributed by atoms with Crippen LogP contribution in [0.25, 0.3) is 0 Å². The van der Waals surface area contributed by atoms with Crippen molar-refractivity contribution in [2.24, 2.45) is 5.92 Å². The van der Waals surface area contributed by atoms with Gasteiger partial charge < -0.3 is 20.2 Å². The van der Waals surface area contributed by atoms with Gasteiger partial charge in [0.2, 0.25) is 11.8 Å². The molecule has 2 heterocycles. The molecule has 0 bridgehead atoms. The summed E-state index contributed by atoms with van der Waals surface area (Å²) in [5.41, 5.74) is 1.81. The van der Waals surface area contributed by atoms with Gasteiger partial charge in [0.25, 0.3) is 5.91 Å². The van der Waals surface area contributed by atoms with Crippen LogP contribution in [0.15, 0.2) is 60.7 Å². The minimum Gasteiger partial charge on any atom is -0.384 e. The number of likely N-dealkylation sites (tertiary alicyclic amines) is 2. The number of nitrogens with one attached hydrogen (secondary N) is 1. The lowest BCUT2D eigenvalue weighted by Crippen LogP contribution is -2.59. The van der Waals surface area contributed by atoms with Crippen LogP contribution >= 0.6 is 0 Å². The van der Waals surface area contributed by atoms with Crippen molar-refractivity contribution in [1.29, 1.82) is 0 Å². The first kappa shape index (κ1) is 30.1. The van der Waals surface area contributed by atoms with E-state index in [4.69, 9.17) is 0 Å². The maximum absolute atomic E-state index is 15.4. The van der Waals surface area contributed by atoms with Gasteiger partial charge >= 0.3 is 5.92 Å². The molecule has 2 aliphatic heterocycles. The molecule has 0 spiro atoms. The van der Waals surface area contributed by atoms with Gasteiger partial charge in [0.1, 0.15) is 12.1 Å². The lowest BCUT2D eigenvalue weighted by Gasteiger charge is -2.36. The minimum atomic E-state index is -4.10. The van der Waals surface area contributed by atoms with Crippen molar-refractivity contribution in [1.82, 2.24) is 15.1 Å². The van der Waals surface area contributed by atoms with E-state index in [2.05, 4.69) is 5.32 Å². The Bertz CT molecular complexity index is 1240. The van der Waals surface area contributed by atoms with Crippen molar-refractivity contribution in [2.75, 3.05) is 6.54 Å². The highest BCUT2D eigenvalue weighted by molar-refractivity contribution is 5.89. The van der Waals surface area contributed by atoms with E-state index in [1.54, 1.807) is 42.2 Å². The molecule has 226 valence electrons. The zero-order valence-electron chi connectivity index (χ0n) is 24.1. The zero-order valence-corrected chi connectivity index (χ0v) is 24.1. The lowest BCUT2D eigenvalue weighted by molar-refractivity contribution is -0.174. The highest BCUT2D eigenvalue weighted by Crippen LogP contribution is 2.43. The Kier molecular flexibility index (Phi) is 9.25. The van der Waals surface area contributed by atoms with Crippen molar-refractivity contribution in [2.45, 2.75) is 101 Å². The summed E-state index contributed by atoms with van der Waals surface area (Å²) in [6.45, 7) is 1.81. The molecule has 3 aliphatic rings. The van der Waals surface area contributed by atoms with E-state index in [1.165, 1.54) is 4.90 Å². The van der Waals surface area contributed by atoms with Gasteiger partial charge in [-0.25, -0.2) is 0 Å². The predicted molar refractivity (Wildman–Crippen MR) is 154 cm³/mol. The Hall–Kier alpha value is -3.33. The molecular formula is C33H41F2N3O4. The number of carbonyl (C=O) groups excluding carboxylic acids is 3. The molecule has 2 aromatic carbocycles. The summed E-state index contributed by atoms with van der Waals surface area (Å²) < 4.78 is 30.7. The van der Waals surface area contributed by atoms with Crippen LogP contribution in [0, 0.1) is 5.92 Å². The van der Waals surface area contributed by atoms with Crippen LogP contribution in [0.5, 0.6) is 0 Å². The van der Waals surface area contributed by atoms with E-state index in [0.717, 1.165) is 31.2 Å². The van der Waals surface area contributed by atoms with E-state index >= 15 is 8.78 Å². The number of aryl methyl sites for hydroxylation is 1. The molecule has 7 nitrogen and oxygen atoms in total. The monoisotopic (exact) mass is 581 g/mol. The number of aliphatic hydroxyl groups is 1. The average molecular weight is 582 g/mol. The third-order valence-electron chi connectivity index (χ3n) is 9.38. The number of hydrogen-bond donors (Lipinski definition) is 2. The van der Waals surface area contributed by atoms with Gasteiger partial charge in [-0.3, -0.25) is 14.4 Å². The summed E-state index contributed by atoms with van der Waals surface area (Å²) in [6.07, 6.45) is 3.25. The molecule has 9 heteroatoms. The number of halogens is 2. The zero-order chi connectivity index (χ0) is 29.9. The van der Waals surface area contributed by atoms with Crippen molar-refractivity contribution >= 4 is 17.7 Å². The maximum atomic E-state index is 15.4. The van der Waals surface area contributed by atoms with Gasteiger partial charge in [-0.1, -0.05) is 67.1 Å². The van der Waals surface area contributed by atoms with Crippen LogP contribution in [0.3, 0.4) is 0 Å². The Morgan fingerprint density at radius 2 is 1.69 bits per heavy atom. The van der Waals surface area contributed by atoms with E-state index in [0.29, 0.717) is 31.2 Å². The first-order valence-electron chi connectivity index (χ1n) is 15.3. The molecule has 5 rings (SSSR count). The first-order valence-corrected chi connectivity index (χ1v) is 15.3. The van der Waals surface area contributed by atoms with Gasteiger partial charge in [0.05, 0.1) is 12.1 Å². The number of fused-ring (bicyclic) bond motifs is 1. The van der Waals surface area contributed by atoms with E-state index in [-0.39, 0.29) is 30.8 Å². The molecular weight excluding hydrogens is 540 g/mol. The van der Waals surface area contributed by atoms with Crippen molar-refractivity contribution in [3.8, 4) is 0 Å². The molecule has 2 aromatic rings. The summed E-state index contributed by atoms with van der Waals surface area (Å²) in [4.78, 5) is 43.2. The smallest absolute Gasteiger partial charge is 0.351 e. The van der Waals surface area contributed by atoms with Crippen molar-refractivity contribution in [3.05, 3.63) is 71.8 Å². The number of amides is 3. The predicted octanol–water partition coefficient (Wildman–Crippen LogP) is 4.64. The molecule has 3 amide bonds. The van der Waals surface area contributed by atoms with Crippen molar-refractivity contribution < 1.29 is 28.3 Å². The Morgan fingerprint density at radius 3 is 2.40 bits per heavy atom. The third kappa shape index (κ3) is 6.21. The van der Waals surface area contributed by atoms with Gasteiger partial charge in [-0.2, -0.15) is 8.78 Å². The number of aliphatic hydroxyl groups excluding tert-OH is 1. The number of rotatable bonds is 10. The number of benzene rings is 2. The number of alkyl halides is 2. The maximum Gasteiger partial charge on any atom is 0.351 e. The van der Waals surface area contributed by atoms with Crippen LogP contribution in [0.1, 0.15) is 75.5 Å². The van der Waals surface area contributed by atoms with Gasteiger partial charge in [-0.05, 0) is 68.9 Å². The molecule has 1 saturated carbocycles. The van der Waals surface area contributed by atoms with Gasteiger partial charge in [0, 0.05) is 19.0 Å². The van der Waals surface area contributed by atoms with Gasteiger partial charge in [-0.15, -0.1) is 0 Å². The summed E-state index contributed by atoms with van der Waals surface area (Å²) in [5, 5.41) is 13.2. The fourth-order valence-corrected chi connectivity index (χ4v) is 7.17. The molecule has 3 fully saturated rings. The van der Waals surface area contributed by atoms with E-state index in [9.17, 15) is 19.5 Å². The second-order valence-corrected chi connectivity index (χ2v) is 12.1. The van der Waals surface area contributed by atoms with Crippen molar-refractivity contribution in [3.63, 3.8) is 0 Å². The van der Waals surface area contributed by atoms with Crippen LogP contribution in [0.2, 0.25) is 0 Å². The Labute approximate surface area is 246 Å². The molecule has 2 saturated heterocycles. The highest BCUT2D eigenvalue weighted by atomic mass is 19.3. The highest BCUT2D eigenvalue weighted by Gasteiger charge is 2.55. The SMILES string of the molecule is C[C@@H](NC(=O)C(F)(F)C(O)[C@@H]1CCCN1C(=O)[C@@H]1C[C@@H]2CCC[C@@H]2N1C(=O)CCCc1ccccc1)c1ccccc1.